The Hall–Kier alpha value is -1.86. The molecule has 8 atom stereocenters. The fourth-order valence-corrected chi connectivity index (χ4v) is 9.07. The molecule has 7 nitrogen and oxygen atoms in total. The van der Waals surface area contributed by atoms with Crippen molar-refractivity contribution in [1.29, 1.82) is 0 Å². The van der Waals surface area contributed by atoms with E-state index < -0.39 is 5.60 Å². The van der Waals surface area contributed by atoms with Gasteiger partial charge in [0.2, 0.25) is 0 Å². The van der Waals surface area contributed by atoms with Crippen molar-refractivity contribution < 1.29 is 19.1 Å². The number of fused-ring (bicyclic) bond motifs is 5. The van der Waals surface area contributed by atoms with Crippen LogP contribution in [0.3, 0.4) is 0 Å². The number of carbonyl (C=O) groups excluding carboxylic acids is 1. The molecule has 1 aromatic heterocycles. The monoisotopic (exact) mass is 514 g/mol. The van der Waals surface area contributed by atoms with Crippen LogP contribution in [0, 0.1) is 28.6 Å². The van der Waals surface area contributed by atoms with Crippen molar-refractivity contribution in [3.05, 3.63) is 34.4 Å². The van der Waals surface area contributed by atoms with E-state index in [4.69, 9.17) is 9.15 Å². The fourth-order valence-electron chi connectivity index (χ4n) is 9.07. The van der Waals surface area contributed by atoms with E-state index in [0.717, 1.165) is 69.9 Å². The molecule has 1 aromatic rings. The van der Waals surface area contributed by atoms with Crippen molar-refractivity contribution in [2.75, 3.05) is 34.2 Å². The second-order valence-electron chi connectivity index (χ2n) is 13.4. The van der Waals surface area contributed by atoms with Gasteiger partial charge in [0.25, 0.3) is 0 Å². The molecule has 7 heteroatoms. The standard InChI is InChI=1S/C30H46N2O5/c1-28-13-10-22(37-27(34)32(5)17-16-31(3)4)18-21(28)7-8-25-24(28)11-14-29(2)23(12-15-30(25,29)35)20-6-9-26(33)36-19-20/h6,9,19,21-25,35H,7-8,10-18H2,1-5H3/t21-,22+,23-,24+,25-,28+,29-,30+/m1/s1. The minimum Gasteiger partial charge on any atom is -0.446 e. The Kier molecular flexibility index (Phi) is 7.02. The van der Waals surface area contributed by atoms with Crippen LogP contribution in [-0.2, 0) is 4.74 Å². The lowest BCUT2D eigenvalue weighted by atomic mass is 9.43. The van der Waals surface area contributed by atoms with E-state index in [2.05, 4.69) is 18.7 Å². The van der Waals surface area contributed by atoms with Crippen molar-refractivity contribution in [1.82, 2.24) is 9.80 Å². The molecule has 4 aliphatic carbocycles. The second-order valence-corrected chi connectivity index (χ2v) is 13.4. The van der Waals surface area contributed by atoms with Gasteiger partial charge in [-0.2, -0.15) is 0 Å². The first-order valence-corrected chi connectivity index (χ1v) is 14.4. The number of likely N-dealkylation sites (N-methyl/N-ethyl adjacent to an activating group) is 2. The highest BCUT2D eigenvalue weighted by molar-refractivity contribution is 5.67. The molecule has 1 N–H and O–H groups in total. The first-order valence-electron chi connectivity index (χ1n) is 14.4. The van der Waals surface area contributed by atoms with Gasteiger partial charge in [-0.25, -0.2) is 9.59 Å². The Morgan fingerprint density at radius 2 is 1.81 bits per heavy atom. The normalized spacial score (nSPS) is 41.0. The van der Waals surface area contributed by atoms with Gasteiger partial charge in [0.1, 0.15) is 6.10 Å². The molecule has 5 rings (SSSR count). The lowest BCUT2D eigenvalue weighted by Gasteiger charge is -2.63. The first kappa shape index (κ1) is 26.7. The summed E-state index contributed by atoms with van der Waals surface area (Å²) in [6, 6.07) is 3.41. The third kappa shape index (κ3) is 4.44. The zero-order valence-corrected chi connectivity index (χ0v) is 23.4. The average Bonchev–Trinajstić information content (AvgIpc) is 3.14. The summed E-state index contributed by atoms with van der Waals surface area (Å²) in [4.78, 5) is 28.0. The summed E-state index contributed by atoms with van der Waals surface area (Å²) in [5.41, 5.74) is 0.00892. The third-order valence-corrected chi connectivity index (χ3v) is 11.4. The van der Waals surface area contributed by atoms with Crippen LogP contribution in [0.4, 0.5) is 4.79 Å². The van der Waals surface area contributed by atoms with Gasteiger partial charge < -0.3 is 24.1 Å². The topological polar surface area (TPSA) is 83.2 Å². The van der Waals surface area contributed by atoms with E-state index in [9.17, 15) is 14.7 Å². The highest BCUT2D eigenvalue weighted by Crippen LogP contribution is 2.70. The lowest BCUT2D eigenvalue weighted by molar-refractivity contribution is -0.205. The van der Waals surface area contributed by atoms with Crippen molar-refractivity contribution in [2.24, 2.45) is 28.6 Å². The number of ether oxygens (including phenoxy) is 1. The number of hydrogen-bond donors (Lipinski definition) is 1. The zero-order valence-electron chi connectivity index (χ0n) is 23.4. The maximum absolute atomic E-state index is 12.7. The number of aliphatic hydroxyl groups is 1. The summed E-state index contributed by atoms with van der Waals surface area (Å²) in [6.45, 7) is 6.22. The van der Waals surface area contributed by atoms with Crippen LogP contribution >= 0.6 is 0 Å². The highest BCUT2D eigenvalue weighted by atomic mass is 16.6. The molecule has 1 heterocycles. The minimum absolute atomic E-state index is 0.00975. The fraction of sp³-hybridized carbons (Fsp3) is 0.800. The van der Waals surface area contributed by atoms with Gasteiger partial charge in [0.15, 0.2) is 0 Å². The van der Waals surface area contributed by atoms with Crippen LogP contribution in [0.5, 0.6) is 0 Å². The summed E-state index contributed by atoms with van der Waals surface area (Å²) in [5.74, 6) is 1.54. The van der Waals surface area contributed by atoms with E-state index in [0.29, 0.717) is 24.3 Å². The van der Waals surface area contributed by atoms with Crippen LogP contribution in [0.25, 0.3) is 0 Å². The summed E-state index contributed by atoms with van der Waals surface area (Å²) in [6.07, 6.45) is 10.3. The smallest absolute Gasteiger partial charge is 0.409 e. The van der Waals surface area contributed by atoms with E-state index in [1.165, 1.54) is 6.07 Å². The maximum atomic E-state index is 12.7. The number of hydrogen-bond acceptors (Lipinski definition) is 6. The molecule has 0 radical (unpaired) electrons. The number of amides is 1. The Morgan fingerprint density at radius 1 is 1.03 bits per heavy atom. The van der Waals surface area contributed by atoms with Crippen LogP contribution in [0.15, 0.2) is 27.6 Å². The van der Waals surface area contributed by atoms with Crippen molar-refractivity contribution in [3.63, 3.8) is 0 Å². The molecule has 206 valence electrons. The molecule has 0 saturated heterocycles. The predicted octanol–water partition coefficient (Wildman–Crippen LogP) is 4.88. The van der Waals surface area contributed by atoms with Crippen molar-refractivity contribution in [3.8, 4) is 0 Å². The third-order valence-electron chi connectivity index (χ3n) is 11.4. The van der Waals surface area contributed by atoms with Gasteiger partial charge in [0.05, 0.1) is 11.9 Å². The predicted molar refractivity (Wildman–Crippen MR) is 142 cm³/mol. The molecule has 0 aliphatic heterocycles. The summed E-state index contributed by atoms with van der Waals surface area (Å²) < 4.78 is 11.2. The van der Waals surface area contributed by atoms with Gasteiger partial charge in [-0.3, -0.25) is 0 Å². The molecule has 0 aromatic carbocycles. The Labute approximate surface area is 221 Å². The molecule has 37 heavy (non-hydrogen) atoms. The largest absolute Gasteiger partial charge is 0.446 e. The molecule has 4 saturated carbocycles. The highest BCUT2D eigenvalue weighted by Gasteiger charge is 2.67. The molecule has 0 unspecified atom stereocenters. The molecular weight excluding hydrogens is 468 g/mol. The molecule has 1 amide bonds. The van der Waals surface area contributed by atoms with Crippen LogP contribution in [0.1, 0.15) is 83.1 Å². The van der Waals surface area contributed by atoms with Crippen LogP contribution in [-0.4, -0.2) is 66.9 Å². The van der Waals surface area contributed by atoms with Gasteiger partial charge >= 0.3 is 11.7 Å². The average molecular weight is 515 g/mol. The Morgan fingerprint density at radius 3 is 2.51 bits per heavy atom. The van der Waals surface area contributed by atoms with E-state index in [1.807, 2.05) is 27.2 Å². The van der Waals surface area contributed by atoms with E-state index in [1.54, 1.807) is 11.2 Å². The van der Waals surface area contributed by atoms with Gasteiger partial charge in [0, 0.05) is 31.6 Å². The van der Waals surface area contributed by atoms with E-state index in [-0.39, 0.29) is 34.6 Å². The van der Waals surface area contributed by atoms with Crippen LogP contribution in [0.2, 0.25) is 0 Å². The Bertz CT molecular complexity index is 1040. The minimum atomic E-state index is -0.691. The van der Waals surface area contributed by atoms with E-state index >= 15 is 0 Å². The first-order chi connectivity index (χ1) is 17.5. The Balaban J connectivity index is 1.28. The number of carbonyl (C=O) groups is 1. The van der Waals surface area contributed by atoms with Crippen LogP contribution < -0.4 is 5.63 Å². The summed E-state index contributed by atoms with van der Waals surface area (Å²) in [7, 11) is 5.84. The number of nitrogens with zero attached hydrogens (tertiary/aromatic N) is 2. The van der Waals surface area contributed by atoms with Crippen molar-refractivity contribution >= 4 is 6.09 Å². The summed E-state index contributed by atoms with van der Waals surface area (Å²) >= 11 is 0. The molecule has 0 spiro atoms. The molecule has 4 fully saturated rings. The molecule has 0 bridgehead atoms. The van der Waals surface area contributed by atoms with Gasteiger partial charge in [-0.15, -0.1) is 0 Å². The number of rotatable bonds is 5. The second kappa shape index (κ2) is 9.71. The maximum Gasteiger partial charge on any atom is 0.409 e. The molecule has 4 aliphatic rings. The quantitative estimate of drug-likeness (QED) is 0.603. The SMILES string of the molecule is CN(C)CCN(C)C(=O)O[C@H]1CC[C@@]2(C)[C@H](CC[C@@H]3[C@@H]2CC[C@]2(C)[C@@H](c4ccc(=O)oc4)CC[C@]32O)C1. The van der Waals surface area contributed by atoms with Gasteiger partial charge in [-0.05, 0) is 113 Å². The van der Waals surface area contributed by atoms with Crippen molar-refractivity contribution in [2.45, 2.75) is 89.3 Å². The lowest BCUT2D eigenvalue weighted by Crippen LogP contribution is -2.62. The van der Waals surface area contributed by atoms with Gasteiger partial charge in [-0.1, -0.05) is 13.8 Å². The zero-order chi connectivity index (χ0) is 26.6. The molecular formula is C30H46N2O5. The summed E-state index contributed by atoms with van der Waals surface area (Å²) in [5, 5.41) is 12.4.